The van der Waals surface area contributed by atoms with Gasteiger partial charge in [-0.25, -0.2) is 0 Å². The van der Waals surface area contributed by atoms with Crippen LogP contribution in [0.4, 0.5) is 0 Å². The fourth-order valence-electron chi connectivity index (χ4n) is 1.89. The van der Waals surface area contributed by atoms with Crippen molar-refractivity contribution in [2.45, 2.75) is 30.7 Å². The number of methoxy groups -OCH3 is 2. The normalized spacial score (nSPS) is 49.6. The molecule has 0 aliphatic carbocycles. The van der Waals surface area contributed by atoms with Crippen LogP contribution in [0.15, 0.2) is 0 Å². The molecule has 2 rings (SSSR count). The third-order valence-corrected chi connectivity index (χ3v) is 2.59. The Morgan fingerprint density at radius 1 is 1.23 bits per heavy atom. The van der Waals surface area contributed by atoms with Gasteiger partial charge in [-0.2, -0.15) is 0 Å². The van der Waals surface area contributed by atoms with Gasteiger partial charge in [0.25, 0.3) is 0 Å². The second-order valence-corrected chi connectivity index (χ2v) is 3.27. The van der Waals surface area contributed by atoms with Crippen LogP contribution in [0.25, 0.3) is 0 Å². The minimum Gasteiger partial charge on any atom is -0.387 e. The SMILES string of the molecule is COC1C2COC(O2)C(OC)C1O. The largest absolute Gasteiger partial charge is 0.387 e. The fourth-order valence-corrected chi connectivity index (χ4v) is 1.89. The van der Waals surface area contributed by atoms with Crippen molar-refractivity contribution in [2.75, 3.05) is 20.8 Å². The van der Waals surface area contributed by atoms with E-state index < -0.39 is 18.5 Å². The molecule has 5 unspecified atom stereocenters. The van der Waals surface area contributed by atoms with E-state index in [9.17, 15) is 5.11 Å². The van der Waals surface area contributed by atoms with Gasteiger partial charge >= 0.3 is 0 Å². The molecule has 2 heterocycles. The summed E-state index contributed by atoms with van der Waals surface area (Å²) in [6, 6.07) is 0. The molecule has 2 saturated heterocycles. The van der Waals surface area contributed by atoms with Crippen LogP contribution >= 0.6 is 0 Å². The van der Waals surface area contributed by atoms with Gasteiger partial charge < -0.3 is 24.1 Å². The summed E-state index contributed by atoms with van der Waals surface area (Å²) < 4.78 is 21.0. The zero-order valence-electron chi connectivity index (χ0n) is 7.67. The molecule has 0 aromatic carbocycles. The monoisotopic (exact) mass is 190 g/mol. The van der Waals surface area contributed by atoms with Crippen LogP contribution in [0.1, 0.15) is 0 Å². The predicted molar refractivity (Wildman–Crippen MR) is 42.2 cm³/mol. The van der Waals surface area contributed by atoms with Crippen LogP contribution in [-0.2, 0) is 18.9 Å². The molecule has 76 valence electrons. The van der Waals surface area contributed by atoms with Crippen LogP contribution in [0, 0.1) is 0 Å². The molecule has 0 aromatic rings. The van der Waals surface area contributed by atoms with Crippen molar-refractivity contribution in [2.24, 2.45) is 0 Å². The third kappa shape index (κ3) is 1.37. The average Bonchev–Trinajstić information content (AvgIpc) is 2.52. The molecule has 5 atom stereocenters. The number of fused-ring (bicyclic) bond motifs is 2. The van der Waals surface area contributed by atoms with Gasteiger partial charge in [0.15, 0.2) is 6.29 Å². The Morgan fingerprint density at radius 2 is 1.92 bits per heavy atom. The third-order valence-electron chi connectivity index (χ3n) is 2.59. The van der Waals surface area contributed by atoms with Crippen molar-refractivity contribution >= 4 is 0 Å². The Balaban J connectivity index is 2.14. The maximum Gasteiger partial charge on any atom is 0.187 e. The van der Waals surface area contributed by atoms with E-state index in [4.69, 9.17) is 18.9 Å². The highest BCUT2D eigenvalue weighted by Gasteiger charge is 2.50. The summed E-state index contributed by atoms with van der Waals surface area (Å²) >= 11 is 0. The summed E-state index contributed by atoms with van der Waals surface area (Å²) in [6.45, 7) is 0.458. The lowest BCUT2D eigenvalue weighted by atomic mass is 10.0. The van der Waals surface area contributed by atoms with Gasteiger partial charge in [-0.15, -0.1) is 0 Å². The molecule has 2 bridgehead atoms. The van der Waals surface area contributed by atoms with Crippen molar-refractivity contribution in [3.8, 4) is 0 Å². The van der Waals surface area contributed by atoms with E-state index in [1.165, 1.54) is 7.11 Å². The van der Waals surface area contributed by atoms with Gasteiger partial charge in [0.05, 0.1) is 6.61 Å². The summed E-state index contributed by atoms with van der Waals surface area (Å²) in [4.78, 5) is 0. The fraction of sp³-hybridized carbons (Fsp3) is 1.00. The van der Waals surface area contributed by atoms with E-state index in [2.05, 4.69) is 0 Å². The molecular formula is C8H14O5. The summed E-state index contributed by atoms with van der Waals surface area (Å²) in [5.74, 6) is 0. The second kappa shape index (κ2) is 3.51. The molecule has 5 nitrogen and oxygen atoms in total. The van der Waals surface area contributed by atoms with Gasteiger partial charge in [-0.1, -0.05) is 0 Å². The summed E-state index contributed by atoms with van der Waals surface area (Å²) in [6.07, 6.45) is -2.11. The van der Waals surface area contributed by atoms with Crippen molar-refractivity contribution in [3.63, 3.8) is 0 Å². The van der Waals surface area contributed by atoms with E-state index in [0.29, 0.717) is 6.61 Å². The standard InChI is InChI=1S/C8H14O5/c1-10-6-4-3-12-8(13-4)7(11-2)5(6)9/h4-9H,3H2,1-2H3. The van der Waals surface area contributed by atoms with Crippen LogP contribution in [-0.4, -0.2) is 56.6 Å². The molecular weight excluding hydrogens is 176 g/mol. The van der Waals surface area contributed by atoms with Crippen molar-refractivity contribution in [1.29, 1.82) is 0 Å². The molecule has 0 saturated carbocycles. The highest BCUT2D eigenvalue weighted by Crippen LogP contribution is 2.30. The van der Waals surface area contributed by atoms with E-state index in [0.717, 1.165) is 0 Å². The number of aliphatic hydroxyl groups is 1. The first-order chi connectivity index (χ1) is 6.27. The number of aliphatic hydroxyl groups excluding tert-OH is 1. The van der Waals surface area contributed by atoms with E-state index in [-0.39, 0.29) is 12.2 Å². The maximum atomic E-state index is 9.80. The van der Waals surface area contributed by atoms with Crippen LogP contribution in [0.5, 0.6) is 0 Å². The van der Waals surface area contributed by atoms with Gasteiger partial charge in [-0.3, -0.25) is 0 Å². The second-order valence-electron chi connectivity index (χ2n) is 3.27. The first-order valence-corrected chi connectivity index (χ1v) is 4.28. The minimum atomic E-state index is -0.679. The first-order valence-electron chi connectivity index (χ1n) is 4.28. The van der Waals surface area contributed by atoms with Crippen LogP contribution in [0.3, 0.4) is 0 Å². The Morgan fingerprint density at radius 3 is 2.54 bits per heavy atom. The zero-order chi connectivity index (χ0) is 9.42. The number of hydrogen-bond acceptors (Lipinski definition) is 5. The average molecular weight is 190 g/mol. The maximum absolute atomic E-state index is 9.80. The summed E-state index contributed by atoms with van der Waals surface area (Å²) in [7, 11) is 3.06. The Kier molecular flexibility index (Phi) is 2.53. The summed E-state index contributed by atoms with van der Waals surface area (Å²) in [5, 5.41) is 9.80. The number of ether oxygens (including phenoxy) is 4. The Bertz CT molecular complexity index is 167. The lowest BCUT2D eigenvalue weighted by Crippen LogP contribution is -2.55. The van der Waals surface area contributed by atoms with Gasteiger partial charge in [-0.05, 0) is 0 Å². The van der Waals surface area contributed by atoms with Gasteiger partial charge in [0.1, 0.15) is 24.4 Å². The lowest BCUT2D eigenvalue weighted by molar-refractivity contribution is -0.240. The minimum absolute atomic E-state index is 0.170. The molecule has 2 aliphatic heterocycles. The number of rotatable bonds is 2. The molecule has 0 spiro atoms. The molecule has 0 aromatic heterocycles. The first kappa shape index (κ1) is 9.36. The molecule has 1 N–H and O–H groups in total. The van der Waals surface area contributed by atoms with Crippen molar-refractivity contribution in [1.82, 2.24) is 0 Å². The predicted octanol–water partition coefficient (Wildman–Crippen LogP) is -0.868. The zero-order valence-corrected chi connectivity index (χ0v) is 7.67. The Hall–Kier alpha value is -0.200. The van der Waals surface area contributed by atoms with Crippen molar-refractivity contribution in [3.05, 3.63) is 0 Å². The lowest BCUT2D eigenvalue weighted by Gasteiger charge is -2.36. The van der Waals surface area contributed by atoms with E-state index in [1.54, 1.807) is 7.11 Å². The molecule has 0 radical (unpaired) electrons. The molecule has 13 heavy (non-hydrogen) atoms. The van der Waals surface area contributed by atoms with Gasteiger partial charge in [0, 0.05) is 14.2 Å². The molecule has 0 amide bonds. The van der Waals surface area contributed by atoms with Gasteiger partial charge in [0.2, 0.25) is 0 Å². The quantitative estimate of drug-likeness (QED) is 0.613. The Labute approximate surface area is 76.5 Å². The van der Waals surface area contributed by atoms with E-state index >= 15 is 0 Å². The topological polar surface area (TPSA) is 57.2 Å². The molecule has 2 fully saturated rings. The highest BCUT2D eigenvalue weighted by molar-refractivity contribution is 4.94. The smallest absolute Gasteiger partial charge is 0.187 e. The highest BCUT2D eigenvalue weighted by atomic mass is 16.8. The molecule has 5 heteroatoms. The number of hydrogen-bond donors (Lipinski definition) is 1. The van der Waals surface area contributed by atoms with Crippen LogP contribution < -0.4 is 0 Å². The summed E-state index contributed by atoms with van der Waals surface area (Å²) in [5.41, 5.74) is 0. The van der Waals surface area contributed by atoms with Crippen LogP contribution in [0.2, 0.25) is 0 Å². The molecule has 2 aliphatic rings. The van der Waals surface area contributed by atoms with E-state index in [1.807, 2.05) is 0 Å². The van der Waals surface area contributed by atoms with Crippen molar-refractivity contribution < 1.29 is 24.1 Å².